The minimum Gasteiger partial charge on any atom is -0.539 e. The van der Waals surface area contributed by atoms with E-state index in [2.05, 4.69) is 13.1 Å². The van der Waals surface area contributed by atoms with Gasteiger partial charge >= 0.3 is 11.9 Å². The summed E-state index contributed by atoms with van der Waals surface area (Å²) < 4.78 is 17.0. The van der Waals surface area contributed by atoms with E-state index in [0.29, 0.717) is 22.6 Å². The molecule has 0 radical (unpaired) electrons. The Hall–Kier alpha value is -3.84. The summed E-state index contributed by atoms with van der Waals surface area (Å²) in [6.45, 7) is 6.80. The zero-order valence-electron chi connectivity index (χ0n) is 19.0. The van der Waals surface area contributed by atoms with E-state index in [0.717, 1.165) is 5.19 Å². The summed E-state index contributed by atoms with van der Waals surface area (Å²) in [5.41, 5.74) is 1.07. The predicted molar refractivity (Wildman–Crippen MR) is 130 cm³/mol. The highest BCUT2D eigenvalue weighted by Gasteiger charge is 2.28. The highest BCUT2D eigenvalue weighted by Crippen LogP contribution is 2.33. The van der Waals surface area contributed by atoms with Crippen molar-refractivity contribution in [2.24, 2.45) is 0 Å². The largest absolute Gasteiger partial charge is 0.539 e. The van der Waals surface area contributed by atoms with Crippen LogP contribution in [0.15, 0.2) is 66.7 Å². The lowest BCUT2D eigenvalue weighted by atomic mass is 10.1. The third-order valence-electron chi connectivity index (χ3n) is 4.81. The summed E-state index contributed by atoms with van der Waals surface area (Å²) in [7, 11) is -2.36. The topological polar surface area (TPSA) is 82.1 Å². The molecule has 3 aromatic carbocycles. The summed E-state index contributed by atoms with van der Waals surface area (Å²) in [4.78, 5) is 22.9. The molecule has 0 aromatic heterocycles. The Kier molecular flexibility index (Phi) is 7.35. The van der Waals surface area contributed by atoms with Crippen LogP contribution in [0.4, 0.5) is 0 Å². The van der Waals surface area contributed by atoms with Crippen LogP contribution in [0, 0.1) is 0 Å². The van der Waals surface area contributed by atoms with Gasteiger partial charge in [-0.1, -0.05) is 42.5 Å². The number of carbonyl (C=O) groups is 2. The lowest BCUT2D eigenvalue weighted by Crippen LogP contribution is -2.47. The number of rotatable bonds is 7. The first-order chi connectivity index (χ1) is 15.7. The van der Waals surface area contributed by atoms with E-state index in [4.69, 9.17) is 13.9 Å². The lowest BCUT2D eigenvalue weighted by molar-refractivity contribution is -0.132. The van der Waals surface area contributed by atoms with E-state index in [9.17, 15) is 14.7 Å². The molecule has 0 amide bonds. The van der Waals surface area contributed by atoms with Gasteiger partial charge in [-0.15, -0.1) is 0 Å². The molecular formula is C26H26O6Si. The number of benzene rings is 3. The second-order valence-electron chi connectivity index (χ2n) is 7.89. The van der Waals surface area contributed by atoms with E-state index in [-0.39, 0.29) is 11.5 Å². The summed E-state index contributed by atoms with van der Waals surface area (Å²) in [6, 6.07) is 19.8. The van der Waals surface area contributed by atoms with Crippen LogP contribution in [0.5, 0.6) is 23.0 Å². The second kappa shape index (κ2) is 10.2. The molecule has 0 aliphatic carbocycles. The van der Waals surface area contributed by atoms with Crippen molar-refractivity contribution in [1.82, 2.24) is 0 Å². The van der Waals surface area contributed by atoms with E-state index in [1.54, 1.807) is 42.5 Å². The van der Waals surface area contributed by atoms with Crippen LogP contribution in [0.1, 0.15) is 25.0 Å². The Balaban J connectivity index is 2.02. The lowest BCUT2D eigenvalue weighted by Gasteiger charge is -2.26. The molecule has 33 heavy (non-hydrogen) atoms. The van der Waals surface area contributed by atoms with Gasteiger partial charge in [0.05, 0.1) is 5.56 Å². The van der Waals surface area contributed by atoms with E-state index in [1.807, 2.05) is 30.3 Å². The SMILES string of the molecule is CC(=O)Oc1ccc(C=Cc2c(O)cccc2OC(C)=O)c(O[Si](C)(C)c2ccccc2)c1. The maximum absolute atomic E-state index is 11.5. The van der Waals surface area contributed by atoms with Gasteiger partial charge in [0, 0.05) is 25.5 Å². The first kappa shape index (κ1) is 23.8. The predicted octanol–water partition coefficient (Wildman–Crippen LogP) is 4.90. The van der Waals surface area contributed by atoms with Crippen molar-refractivity contribution >= 4 is 37.6 Å². The molecule has 3 aromatic rings. The molecule has 0 saturated carbocycles. The molecule has 0 heterocycles. The average molecular weight is 463 g/mol. The van der Waals surface area contributed by atoms with Gasteiger partial charge in [0.15, 0.2) is 0 Å². The molecule has 6 nitrogen and oxygen atoms in total. The average Bonchev–Trinajstić information content (AvgIpc) is 2.74. The summed E-state index contributed by atoms with van der Waals surface area (Å²) >= 11 is 0. The van der Waals surface area contributed by atoms with Gasteiger partial charge in [0.25, 0.3) is 8.32 Å². The second-order valence-corrected chi connectivity index (χ2v) is 11.7. The van der Waals surface area contributed by atoms with Gasteiger partial charge in [0.1, 0.15) is 23.0 Å². The van der Waals surface area contributed by atoms with Crippen molar-refractivity contribution < 1.29 is 28.6 Å². The molecule has 1 N–H and O–H groups in total. The Morgan fingerprint density at radius 1 is 0.818 bits per heavy atom. The summed E-state index contributed by atoms with van der Waals surface area (Å²) in [5, 5.41) is 11.4. The molecule has 0 spiro atoms. The van der Waals surface area contributed by atoms with Gasteiger partial charge in [0.2, 0.25) is 0 Å². The van der Waals surface area contributed by atoms with Crippen LogP contribution < -0.4 is 19.1 Å². The molecular weight excluding hydrogens is 436 g/mol. The van der Waals surface area contributed by atoms with Gasteiger partial charge in [-0.2, -0.15) is 0 Å². The molecule has 170 valence electrons. The van der Waals surface area contributed by atoms with Crippen LogP contribution in [0.25, 0.3) is 12.2 Å². The first-order valence-corrected chi connectivity index (χ1v) is 13.3. The minimum absolute atomic E-state index is 0.0250. The Bertz CT molecular complexity index is 1180. The van der Waals surface area contributed by atoms with E-state index in [1.165, 1.54) is 19.9 Å². The quantitative estimate of drug-likeness (QED) is 0.233. The smallest absolute Gasteiger partial charge is 0.308 e. The van der Waals surface area contributed by atoms with Gasteiger partial charge < -0.3 is 19.0 Å². The molecule has 7 heteroatoms. The number of phenolic OH excluding ortho intramolecular Hbond substituents is 1. The van der Waals surface area contributed by atoms with Crippen molar-refractivity contribution in [3.05, 3.63) is 77.9 Å². The molecule has 3 rings (SSSR count). The molecule has 0 aliphatic rings. The third kappa shape index (κ3) is 6.33. The number of phenols is 1. The maximum atomic E-state index is 11.5. The zero-order valence-corrected chi connectivity index (χ0v) is 20.0. The van der Waals surface area contributed by atoms with Crippen LogP contribution in [-0.4, -0.2) is 25.4 Å². The molecule has 0 bridgehead atoms. The maximum Gasteiger partial charge on any atom is 0.308 e. The molecule has 0 aliphatic heterocycles. The highest BCUT2D eigenvalue weighted by molar-refractivity contribution is 6.85. The summed E-state index contributed by atoms with van der Waals surface area (Å²) in [6.07, 6.45) is 3.41. The molecule has 0 saturated heterocycles. The number of esters is 2. The minimum atomic E-state index is -2.36. The monoisotopic (exact) mass is 462 g/mol. The van der Waals surface area contributed by atoms with Crippen molar-refractivity contribution in [3.8, 4) is 23.0 Å². The fourth-order valence-electron chi connectivity index (χ4n) is 3.26. The Labute approximate surface area is 194 Å². The van der Waals surface area contributed by atoms with E-state index >= 15 is 0 Å². The van der Waals surface area contributed by atoms with Gasteiger partial charge in [-0.3, -0.25) is 9.59 Å². The fourth-order valence-corrected chi connectivity index (χ4v) is 5.10. The number of hydrogen-bond donors (Lipinski definition) is 1. The van der Waals surface area contributed by atoms with Crippen LogP contribution >= 0.6 is 0 Å². The first-order valence-electron chi connectivity index (χ1n) is 10.4. The standard InChI is InChI=1S/C26H26O6Si/c1-18(27)30-21-15-13-20(14-16-23-24(29)11-8-12-25(23)31-19(2)28)26(17-21)32-33(3,4)22-9-6-5-7-10-22/h5-17,29H,1-4H3. The fraction of sp³-hybridized carbons (Fsp3) is 0.154. The van der Waals surface area contributed by atoms with Crippen molar-refractivity contribution in [2.75, 3.05) is 0 Å². The number of ether oxygens (including phenoxy) is 2. The van der Waals surface area contributed by atoms with Crippen molar-refractivity contribution in [1.29, 1.82) is 0 Å². The van der Waals surface area contributed by atoms with Crippen molar-refractivity contribution in [3.63, 3.8) is 0 Å². The van der Waals surface area contributed by atoms with Gasteiger partial charge in [-0.05, 0) is 48.6 Å². The van der Waals surface area contributed by atoms with Crippen LogP contribution in [0.3, 0.4) is 0 Å². The molecule has 0 atom stereocenters. The van der Waals surface area contributed by atoms with Gasteiger partial charge in [-0.25, -0.2) is 0 Å². The summed E-state index contributed by atoms with van der Waals surface area (Å²) in [5.74, 6) is 0.218. The Morgan fingerprint density at radius 3 is 2.18 bits per heavy atom. The highest BCUT2D eigenvalue weighted by atomic mass is 28.4. The molecule has 0 fully saturated rings. The van der Waals surface area contributed by atoms with Crippen molar-refractivity contribution in [2.45, 2.75) is 26.9 Å². The number of carbonyl (C=O) groups excluding carboxylic acids is 2. The van der Waals surface area contributed by atoms with Crippen LogP contribution in [0.2, 0.25) is 13.1 Å². The third-order valence-corrected chi connectivity index (χ3v) is 7.26. The Morgan fingerprint density at radius 2 is 1.52 bits per heavy atom. The zero-order chi connectivity index (χ0) is 24.0. The number of aromatic hydroxyl groups is 1. The number of hydrogen-bond acceptors (Lipinski definition) is 6. The van der Waals surface area contributed by atoms with E-state index < -0.39 is 20.3 Å². The normalized spacial score (nSPS) is 11.3. The van der Waals surface area contributed by atoms with Crippen LogP contribution in [-0.2, 0) is 9.59 Å². The molecule has 0 unspecified atom stereocenters.